The van der Waals surface area contributed by atoms with Crippen LogP contribution in [0.5, 0.6) is 0 Å². The van der Waals surface area contributed by atoms with E-state index in [1.54, 1.807) is 12.4 Å². The Morgan fingerprint density at radius 3 is 2.75 bits per heavy atom. The lowest BCUT2D eigenvalue weighted by molar-refractivity contribution is 0.100. The average Bonchev–Trinajstić information content (AvgIpc) is 2.81. The molecule has 9 heteroatoms. The molecule has 9 nitrogen and oxygen atoms in total. The third kappa shape index (κ3) is 4.81. The first-order valence-corrected chi connectivity index (χ1v) is 10.5. The molecule has 1 saturated heterocycles. The largest absolute Gasteiger partial charge is 0.381 e. The van der Waals surface area contributed by atoms with Crippen LogP contribution < -0.4 is 16.0 Å². The summed E-state index contributed by atoms with van der Waals surface area (Å²) in [6.45, 7) is 3.71. The van der Waals surface area contributed by atoms with E-state index < -0.39 is 5.91 Å². The van der Waals surface area contributed by atoms with Gasteiger partial charge in [-0.2, -0.15) is 5.26 Å². The van der Waals surface area contributed by atoms with Crippen LogP contribution >= 0.6 is 0 Å². The first kappa shape index (κ1) is 21.2. The number of nitriles is 1. The average molecular weight is 429 g/mol. The number of nitrogens with one attached hydrogen (secondary N) is 1. The molecule has 1 aliphatic rings. The highest BCUT2D eigenvalue weighted by Gasteiger charge is 2.28. The second-order valence-corrected chi connectivity index (χ2v) is 7.92. The summed E-state index contributed by atoms with van der Waals surface area (Å²) in [6.07, 6.45) is 7.83. The van der Waals surface area contributed by atoms with Crippen LogP contribution in [0.3, 0.4) is 0 Å². The maximum atomic E-state index is 12.0. The van der Waals surface area contributed by atoms with Crippen LogP contribution in [-0.4, -0.2) is 45.0 Å². The van der Waals surface area contributed by atoms with Crippen molar-refractivity contribution in [2.45, 2.75) is 25.8 Å². The van der Waals surface area contributed by atoms with Gasteiger partial charge in [0.25, 0.3) is 5.91 Å². The molecule has 0 aromatic carbocycles. The van der Waals surface area contributed by atoms with Crippen molar-refractivity contribution >= 4 is 17.4 Å². The minimum atomic E-state index is -0.512. The lowest BCUT2D eigenvalue weighted by Gasteiger charge is -2.38. The van der Waals surface area contributed by atoms with Crippen molar-refractivity contribution in [1.82, 2.24) is 19.9 Å². The maximum Gasteiger partial charge on any atom is 0.252 e. The van der Waals surface area contributed by atoms with Gasteiger partial charge in [-0.15, -0.1) is 0 Å². The number of hydrogen-bond donors (Lipinski definition) is 2. The van der Waals surface area contributed by atoms with Crippen molar-refractivity contribution < 1.29 is 4.79 Å². The Balaban J connectivity index is 1.48. The van der Waals surface area contributed by atoms with E-state index in [4.69, 9.17) is 11.0 Å². The topological polar surface area (TPSA) is 134 Å². The van der Waals surface area contributed by atoms with Crippen LogP contribution in [0.2, 0.25) is 0 Å². The maximum absolute atomic E-state index is 12.0. The summed E-state index contributed by atoms with van der Waals surface area (Å²) in [6, 6.07) is 9.78. The van der Waals surface area contributed by atoms with Crippen LogP contribution in [0.25, 0.3) is 0 Å². The summed E-state index contributed by atoms with van der Waals surface area (Å²) in [5, 5.41) is 12.4. The van der Waals surface area contributed by atoms with Crippen molar-refractivity contribution in [2.75, 3.05) is 23.3 Å². The van der Waals surface area contributed by atoms with Crippen LogP contribution in [0.1, 0.15) is 40.8 Å². The molecule has 0 saturated carbocycles. The molecule has 3 aromatic heterocycles. The van der Waals surface area contributed by atoms with Gasteiger partial charge in [0.15, 0.2) is 5.69 Å². The number of pyridine rings is 2. The van der Waals surface area contributed by atoms with Gasteiger partial charge in [-0.25, -0.2) is 9.97 Å². The number of nitrogens with zero attached hydrogens (tertiary/aromatic N) is 6. The van der Waals surface area contributed by atoms with Crippen molar-refractivity contribution in [3.63, 3.8) is 0 Å². The summed E-state index contributed by atoms with van der Waals surface area (Å²) >= 11 is 0. The summed E-state index contributed by atoms with van der Waals surface area (Å²) in [5.74, 6) is 0.519. The first-order valence-electron chi connectivity index (χ1n) is 10.5. The predicted octanol–water partition coefficient (Wildman–Crippen LogP) is 2.15. The van der Waals surface area contributed by atoms with Gasteiger partial charge >= 0.3 is 0 Å². The second kappa shape index (κ2) is 9.39. The molecule has 0 aliphatic carbocycles. The monoisotopic (exact) mass is 428 g/mol. The van der Waals surface area contributed by atoms with E-state index in [1.165, 1.54) is 12.4 Å². The van der Waals surface area contributed by atoms with Gasteiger partial charge in [0.2, 0.25) is 0 Å². The van der Waals surface area contributed by atoms with Crippen molar-refractivity contribution in [3.05, 3.63) is 71.7 Å². The SMILES string of the molecule is C[C@H]1CN(c2cnc(C#N)cn2)CC[C@H]1Nc1cc(Cc2ccccn2)ncc1C(N)=O. The third-order valence-corrected chi connectivity index (χ3v) is 5.64. The standard InChI is InChI=1S/C23H24N8O/c1-15-14-31(22-13-28-18(10-24)11-29-22)7-5-20(15)30-21-9-17(27-12-19(21)23(25)32)8-16-4-2-3-6-26-16/h2-4,6,9,11-13,15,20H,5,7-8,14H2,1H3,(H2,25,32)(H,27,30)/t15-,20+/m0/s1. The molecule has 32 heavy (non-hydrogen) atoms. The molecular weight excluding hydrogens is 404 g/mol. The summed E-state index contributed by atoms with van der Waals surface area (Å²) in [4.78, 5) is 31.4. The first-order chi connectivity index (χ1) is 15.5. The lowest BCUT2D eigenvalue weighted by Crippen LogP contribution is -2.45. The third-order valence-electron chi connectivity index (χ3n) is 5.64. The van der Waals surface area contributed by atoms with E-state index in [0.29, 0.717) is 23.4 Å². The summed E-state index contributed by atoms with van der Waals surface area (Å²) in [7, 11) is 0. The summed E-state index contributed by atoms with van der Waals surface area (Å²) in [5.41, 5.74) is 8.70. The van der Waals surface area contributed by atoms with Gasteiger partial charge in [-0.1, -0.05) is 13.0 Å². The zero-order valence-electron chi connectivity index (χ0n) is 17.8. The Morgan fingerprint density at radius 2 is 2.09 bits per heavy atom. The number of anilines is 2. The second-order valence-electron chi connectivity index (χ2n) is 7.92. The minimum Gasteiger partial charge on any atom is -0.381 e. The molecule has 0 spiro atoms. The highest BCUT2D eigenvalue weighted by atomic mass is 16.1. The Hall–Kier alpha value is -4.06. The normalized spacial score (nSPS) is 18.1. The number of nitrogens with two attached hydrogens (primary N) is 1. The highest BCUT2D eigenvalue weighted by molar-refractivity contribution is 5.98. The minimum absolute atomic E-state index is 0.154. The predicted molar refractivity (Wildman–Crippen MR) is 120 cm³/mol. The number of carbonyl (C=O) groups excluding carboxylic acids is 1. The van der Waals surface area contributed by atoms with Crippen molar-refractivity contribution in [3.8, 4) is 6.07 Å². The number of rotatable bonds is 6. The quantitative estimate of drug-likeness (QED) is 0.610. The molecule has 1 aliphatic heterocycles. The number of amides is 1. The van der Waals surface area contributed by atoms with E-state index in [2.05, 4.69) is 37.1 Å². The van der Waals surface area contributed by atoms with Gasteiger partial charge in [-0.05, 0) is 30.5 Å². The molecule has 3 aromatic rings. The molecule has 3 N–H and O–H groups in total. The fraction of sp³-hybridized carbons (Fsp3) is 0.304. The molecule has 4 heterocycles. The van der Waals surface area contributed by atoms with Crippen molar-refractivity contribution in [2.24, 2.45) is 11.7 Å². The molecule has 0 unspecified atom stereocenters. The number of carbonyl (C=O) groups is 1. The summed E-state index contributed by atoms with van der Waals surface area (Å²) < 4.78 is 0. The van der Waals surface area contributed by atoms with E-state index in [9.17, 15) is 4.79 Å². The fourth-order valence-corrected chi connectivity index (χ4v) is 3.91. The molecule has 0 radical (unpaired) electrons. The Labute approximate surface area is 186 Å². The number of aromatic nitrogens is 4. The van der Waals surface area contributed by atoms with E-state index in [-0.39, 0.29) is 12.0 Å². The molecule has 162 valence electrons. The molecule has 4 rings (SSSR count). The van der Waals surface area contributed by atoms with Crippen LogP contribution in [0.15, 0.2) is 49.1 Å². The Bertz CT molecular complexity index is 1130. The fourth-order valence-electron chi connectivity index (χ4n) is 3.91. The van der Waals surface area contributed by atoms with Gasteiger partial charge in [0, 0.05) is 49.3 Å². The van der Waals surface area contributed by atoms with Gasteiger partial charge in [-0.3, -0.25) is 14.8 Å². The van der Waals surface area contributed by atoms with E-state index in [0.717, 1.165) is 36.7 Å². The van der Waals surface area contributed by atoms with Gasteiger partial charge in [0.05, 0.1) is 23.6 Å². The highest BCUT2D eigenvalue weighted by Crippen LogP contribution is 2.26. The molecule has 0 bridgehead atoms. The lowest BCUT2D eigenvalue weighted by atomic mass is 9.93. The molecule has 1 fully saturated rings. The number of hydrogen-bond acceptors (Lipinski definition) is 8. The van der Waals surface area contributed by atoms with Crippen LogP contribution in [-0.2, 0) is 6.42 Å². The molecule has 1 amide bonds. The Kier molecular flexibility index (Phi) is 6.22. The van der Waals surface area contributed by atoms with E-state index >= 15 is 0 Å². The van der Waals surface area contributed by atoms with Crippen molar-refractivity contribution in [1.29, 1.82) is 5.26 Å². The van der Waals surface area contributed by atoms with Crippen LogP contribution in [0, 0.1) is 17.2 Å². The smallest absolute Gasteiger partial charge is 0.252 e. The Morgan fingerprint density at radius 1 is 1.22 bits per heavy atom. The van der Waals surface area contributed by atoms with Crippen LogP contribution in [0.4, 0.5) is 11.5 Å². The number of piperidine rings is 1. The van der Waals surface area contributed by atoms with Gasteiger partial charge in [0.1, 0.15) is 11.9 Å². The van der Waals surface area contributed by atoms with Gasteiger partial charge < -0.3 is 16.0 Å². The van der Waals surface area contributed by atoms with E-state index in [1.807, 2.05) is 30.3 Å². The zero-order valence-corrected chi connectivity index (χ0v) is 17.8. The zero-order chi connectivity index (χ0) is 22.5. The number of primary amides is 1. The molecular formula is C23H24N8O. The molecule has 2 atom stereocenters.